The molecule has 0 saturated heterocycles. The minimum atomic E-state index is -0.0143. The summed E-state index contributed by atoms with van der Waals surface area (Å²) in [6.45, 7) is 4.02. The summed E-state index contributed by atoms with van der Waals surface area (Å²) in [5.41, 5.74) is 4.17. The molecule has 0 bridgehead atoms. The number of nitrogens with one attached hydrogen (secondary N) is 3. The van der Waals surface area contributed by atoms with Gasteiger partial charge in [0, 0.05) is 43.3 Å². The van der Waals surface area contributed by atoms with Crippen LogP contribution in [0.5, 0.6) is 0 Å². The molecule has 0 aromatic heterocycles. The maximum Gasteiger partial charge on any atom is 0.248 e. The predicted octanol–water partition coefficient (Wildman–Crippen LogP) is 2.26. The zero-order chi connectivity index (χ0) is 20.9. The molecular weight excluding hydrogens is 378 g/mol. The zero-order valence-corrected chi connectivity index (χ0v) is 17.1. The van der Waals surface area contributed by atoms with Crippen LogP contribution in [0.3, 0.4) is 0 Å². The van der Waals surface area contributed by atoms with E-state index in [-0.39, 0.29) is 24.3 Å². The summed E-state index contributed by atoms with van der Waals surface area (Å²) in [6.07, 6.45) is 1.31. The number of guanidine groups is 1. The summed E-state index contributed by atoms with van der Waals surface area (Å²) in [6, 6.07) is 15.9. The summed E-state index contributed by atoms with van der Waals surface area (Å²) >= 11 is 0. The van der Waals surface area contributed by atoms with Gasteiger partial charge in [0.15, 0.2) is 5.96 Å². The SMILES string of the molecule is CCNC(=NCC(=O)N1CCc2ccccc21)NCC1CC(=O)Nc2ccccc21. The number of carbonyl (C=O) groups excluding carboxylic acids is 2. The Morgan fingerprint density at radius 3 is 2.83 bits per heavy atom. The fourth-order valence-electron chi connectivity index (χ4n) is 4.07. The molecule has 1 atom stereocenters. The van der Waals surface area contributed by atoms with E-state index in [4.69, 9.17) is 0 Å². The number of benzene rings is 2. The van der Waals surface area contributed by atoms with Gasteiger partial charge in [-0.1, -0.05) is 36.4 Å². The van der Waals surface area contributed by atoms with Crippen molar-refractivity contribution >= 4 is 29.1 Å². The lowest BCUT2D eigenvalue weighted by Gasteiger charge is -2.26. The Balaban J connectivity index is 1.40. The van der Waals surface area contributed by atoms with Gasteiger partial charge in [0.2, 0.25) is 11.8 Å². The van der Waals surface area contributed by atoms with Gasteiger partial charge in [0.1, 0.15) is 6.54 Å². The molecule has 2 aromatic carbocycles. The van der Waals surface area contributed by atoms with E-state index in [1.165, 1.54) is 5.56 Å². The van der Waals surface area contributed by atoms with Crippen LogP contribution in [0, 0.1) is 0 Å². The normalized spacial score (nSPS) is 17.8. The number of hydrogen-bond acceptors (Lipinski definition) is 3. The van der Waals surface area contributed by atoms with Gasteiger partial charge in [-0.3, -0.25) is 9.59 Å². The van der Waals surface area contributed by atoms with Crippen molar-refractivity contribution in [1.82, 2.24) is 10.6 Å². The molecule has 0 radical (unpaired) electrons. The topological polar surface area (TPSA) is 85.8 Å². The largest absolute Gasteiger partial charge is 0.357 e. The van der Waals surface area contributed by atoms with E-state index in [2.05, 4.69) is 27.0 Å². The first kappa shape index (κ1) is 19.9. The maximum atomic E-state index is 12.7. The van der Waals surface area contributed by atoms with Crippen molar-refractivity contribution in [1.29, 1.82) is 0 Å². The van der Waals surface area contributed by atoms with Gasteiger partial charge >= 0.3 is 0 Å². The van der Waals surface area contributed by atoms with Gasteiger partial charge in [0.05, 0.1) is 0 Å². The van der Waals surface area contributed by atoms with Crippen LogP contribution in [0.2, 0.25) is 0 Å². The van der Waals surface area contributed by atoms with E-state index in [0.717, 1.165) is 23.4 Å². The van der Waals surface area contributed by atoms with Crippen molar-refractivity contribution in [3.05, 3.63) is 59.7 Å². The standard InChI is InChI=1S/C23H27N5O2/c1-2-24-23(25-14-17-13-21(29)27-19-9-5-4-8-18(17)19)26-15-22(30)28-12-11-16-7-3-6-10-20(16)28/h3-10,17H,2,11-15H2,1H3,(H,27,29)(H2,24,25,26). The average molecular weight is 406 g/mol. The van der Waals surface area contributed by atoms with Crippen LogP contribution in [0.4, 0.5) is 11.4 Å². The molecule has 4 rings (SSSR count). The highest BCUT2D eigenvalue weighted by Gasteiger charge is 2.26. The summed E-state index contributed by atoms with van der Waals surface area (Å²) < 4.78 is 0. The summed E-state index contributed by atoms with van der Waals surface area (Å²) in [7, 11) is 0. The second kappa shape index (κ2) is 8.98. The Bertz CT molecular complexity index is 972. The lowest BCUT2D eigenvalue weighted by atomic mass is 9.90. The Labute approximate surface area is 176 Å². The first-order chi connectivity index (χ1) is 14.7. The molecule has 2 aliphatic heterocycles. The number of aliphatic imine (C=N–C) groups is 1. The molecule has 2 aliphatic rings. The van der Waals surface area contributed by atoms with Crippen molar-refractivity contribution in [3.63, 3.8) is 0 Å². The average Bonchev–Trinajstić information content (AvgIpc) is 3.19. The monoisotopic (exact) mass is 405 g/mol. The highest BCUT2D eigenvalue weighted by molar-refractivity contribution is 5.98. The third-order valence-corrected chi connectivity index (χ3v) is 5.53. The van der Waals surface area contributed by atoms with E-state index < -0.39 is 0 Å². The molecule has 30 heavy (non-hydrogen) atoms. The Kier molecular flexibility index (Phi) is 5.97. The number of amides is 2. The zero-order valence-electron chi connectivity index (χ0n) is 17.1. The summed E-state index contributed by atoms with van der Waals surface area (Å²) in [5, 5.41) is 9.41. The molecule has 2 heterocycles. The van der Waals surface area contributed by atoms with Crippen LogP contribution in [0.15, 0.2) is 53.5 Å². The minimum absolute atomic E-state index is 0.0143. The van der Waals surface area contributed by atoms with E-state index in [1.807, 2.05) is 54.3 Å². The molecule has 0 fully saturated rings. The van der Waals surface area contributed by atoms with Crippen LogP contribution in [-0.2, 0) is 16.0 Å². The Morgan fingerprint density at radius 2 is 1.97 bits per heavy atom. The number of nitrogens with zero attached hydrogens (tertiary/aromatic N) is 2. The van der Waals surface area contributed by atoms with Gasteiger partial charge in [-0.2, -0.15) is 0 Å². The summed E-state index contributed by atoms with van der Waals surface area (Å²) in [4.78, 5) is 31.1. The number of fused-ring (bicyclic) bond motifs is 2. The molecule has 1 unspecified atom stereocenters. The van der Waals surface area contributed by atoms with E-state index in [0.29, 0.717) is 32.0 Å². The molecule has 7 nitrogen and oxygen atoms in total. The number of para-hydroxylation sites is 2. The third kappa shape index (κ3) is 4.30. The lowest BCUT2D eigenvalue weighted by Crippen LogP contribution is -2.41. The fraction of sp³-hybridized carbons (Fsp3) is 0.348. The molecule has 2 amide bonds. The van der Waals surface area contributed by atoms with Gasteiger partial charge in [-0.15, -0.1) is 0 Å². The van der Waals surface area contributed by atoms with Crippen LogP contribution >= 0.6 is 0 Å². The molecule has 0 aliphatic carbocycles. The van der Waals surface area contributed by atoms with Crippen molar-refractivity contribution in [2.24, 2.45) is 4.99 Å². The van der Waals surface area contributed by atoms with Gasteiger partial charge in [-0.05, 0) is 36.6 Å². The summed E-state index contributed by atoms with van der Waals surface area (Å²) in [5.74, 6) is 0.645. The van der Waals surface area contributed by atoms with Crippen LogP contribution in [0.25, 0.3) is 0 Å². The van der Waals surface area contributed by atoms with E-state index in [1.54, 1.807) is 0 Å². The first-order valence-electron chi connectivity index (χ1n) is 10.4. The Hall–Kier alpha value is -3.35. The Morgan fingerprint density at radius 1 is 1.17 bits per heavy atom. The number of hydrogen-bond donors (Lipinski definition) is 3. The third-order valence-electron chi connectivity index (χ3n) is 5.53. The maximum absolute atomic E-state index is 12.7. The predicted molar refractivity (Wildman–Crippen MR) is 119 cm³/mol. The van der Waals surface area contributed by atoms with E-state index in [9.17, 15) is 9.59 Å². The molecule has 7 heteroatoms. The molecule has 0 spiro atoms. The van der Waals surface area contributed by atoms with Crippen molar-refractivity contribution in [2.75, 3.05) is 36.4 Å². The molecule has 0 saturated carbocycles. The second-order valence-electron chi connectivity index (χ2n) is 7.54. The second-order valence-corrected chi connectivity index (χ2v) is 7.54. The minimum Gasteiger partial charge on any atom is -0.357 e. The lowest BCUT2D eigenvalue weighted by molar-refractivity contribution is -0.117. The number of anilines is 2. The molecule has 156 valence electrons. The smallest absolute Gasteiger partial charge is 0.248 e. The molecule has 3 N–H and O–H groups in total. The van der Waals surface area contributed by atoms with Crippen molar-refractivity contribution < 1.29 is 9.59 Å². The van der Waals surface area contributed by atoms with E-state index >= 15 is 0 Å². The molecule has 2 aromatic rings. The highest BCUT2D eigenvalue weighted by atomic mass is 16.2. The van der Waals surface area contributed by atoms with Gasteiger partial charge in [0.25, 0.3) is 0 Å². The number of rotatable bonds is 5. The van der Waals surface area contributed by atoms with Gasteiger partial charge in [-0.25, -0.2) is 4.99 Å². The molecular formula is C23H27N5O2. The first-order valence-corrected chi connectivity index (χ1v) is 10.4. The fourth-order valence-corrected chi connectivity index (χ4v) is 4.07. The van der Waals surface area contributed by atoms with Crippen LogP contribution in [0.1, 0.15) is 30.4 Å². The van der Waals surface area contributed by atoms with Gasteiger partial charge < -0.3 is 20.9 Å². The van der Waals surface area contributed by atoms with Crippen LogP contribution in [-0.4, -0.2) is 44.0 Å². The number of carbonyl (C=O) groups is 2. The highest BCUT2D eigenvalue weighted by Crippen LogP contribution is 2.31. The van der Waals surface area contributed by atoms with Crippen LogP contribution < -0.4 is 20.9 Å². The quantitative estimate of drug-likeness (QED) is 0.526. The van der Waals surface area contributed by atoms with Crippen molar-refractivity contribution in [2.45, 2.75) is 25.7 Å². The van der Waals surface area contributed by atoms with Crippen molar-refractivity contribution in [3.8, 4) is 0 Å².